The summed E-state index contributed by atoms with van der Waals surface area (Å²) in [6.45, 7) is 6.81. The number of anilines is 1. The minimum Gasteiger partial charge on any atom is -0.493 e. The van der Waals surface area contributed by atoms with E-state index in [-0.39, 0.29) is 12.1 Å². The van der Waals surface area contributed by atoms with Crippen molar-refractivity contribution in [3.63, 3.8) is 0 Å². The van der Waals surface area contributed by atoms with Crippen molar-refractivity contribution < 1.29 is 14.3 Å². The third-order valence-electron chi connectivity index (χ3n) is 6.35. The molecule has 2 N–H and O–H groups in total. The number of benzene rings is 2. The molecule has 3 aromatic rings. The Morgan fingerprint density at radius 1 is 1.12 bits per heavy atom. The number of amides is 1. The fraction of sp³-hybridized carbons (Fsp3) is 0.346. The van der Waals surface area contributed by atoms with E-state index in [1.54, 1.807) is 18.4 Å². The smallest absolute Gasteiger partial charge is 0.256 e. The van der Waals surface area contributed by atoms with Gasteiger partial charge >= 0.3 is 0 Å². The second-order valence-corrected chi connectivity index (χ2v) is 9.86. The topological polar surface area (TPSA) is 62.8 Å². The van der Waals surface area contributed by atoms with Crippen molar-refractivity contribution >= 4 is 22.2 Å². The van der Waals surface area contributed by atoms with Crippen LogP contribution in [-0.4, -0.2) is 30.5 Å². The highest BCUT2D eigenvalue weighted by Crippen LogP contribution is 2.41. The Labute approximate surface area is 198 Å². The lowest BCUT2D eigenvalue weighted by Crippen LogP contribution is -2.39. The first-order valence-corrected chi connectivity index (χ1v) is 12.2. The number of thiophene rings is 1. The largest absolute Gasteiger partial charge is 0.493 e. The van der Waals surface area contributed by atoms with Gasteiger partial charge in [0, 0.05) is 24.0 Å². The maximum Gasteiger partial charge on any atom is 0.256 e. The average molecular weight is 464 g/mol. The number of rotatable bonds is 6. The average Bonchev–Trinajstić information content (AvgIpc) is 3.21. The summed E-state index contributed by atoms with van der Waals surface area (Å²) in [5, 5.41) is 7.64. The van der Waals surface area contributed by atoms with Crippen LogP contribution in [0.1, 0.15) is 51.9 Å². The third-order valence-corrected chi connectivity index (χ3v) is 7.50. The highest BCUT2D eigenvalue weighted by atomic mass is 32.1. The fourth-order valence-corrected chi connectivity index (χ4v) is 5.76. The van der Waals surface area contributed by atoms with E-state index in [1.165, 1.54) is 10.4 Å². The summed E-state index contributed by atoms with van der Waals surface area (Å²) in [4.78, 5) is 16.8. The van der Waals surface area contributed by atoms with E-state index in [1.807, 2.05) is 48.5 Å². The van der Waals surface area contributed by atoms with Crippen LogP contribution in [0.15, 0.2) is 48.5 Å². The number of nitrogens with zero attached hydrogens (tertiary/aromatic N) is 1. The second kappa shape index (κ2) is 9.08. The maximum atomic E-state index is 13.1. The maximum absolute atomic E-state index is 13.1. The van der Waals surface area contributed by atoms with Crippen LogP contribution in [0.3, 0.4) is 0 Å². The zero-order valence-electron chi connectivity index (χ0n) is 19.2. The number of carbonyl (C=O) groups is 1. The molecule has 0 bridgehead atoms. The monoisotopic (exact) mass is 463 g/mol. The Bertz CT molecular complexity index is 1160. The molecule has 1 amide bonds. The number of hydrogen-bond acceptors (Lipinski definition) is 6. The third kappa shape index (κ3) is 4.30. The molecule has 0 unspecified atom stereocenters. The van der Waals surface area contributed by atoms with Gasteiger partial charge in [-0.2, -0.15) is 0 Å². The Kier molecular flexibility index (Phi) is 6.00. The van der Waals surface area contributed by atoms with Gasteiger partial charge in [0.25, 0.3) is 5.91 Å². The predicted molar refractivity (Wildman–Crippen MR) is 131 cm³/mol. The van der Waals surface area contributed by atoms with Gasteiger partial charge in [-0.05, 0) is 49.1 Å². The molecule has 1 atom stereocenters. The summed E-state index contributed by atoms with van der Waals surface area (Å²) in [5.74, 6) is 1.31. The van der Waals surface area contributed by atoms with Gasteiger partial charge in [-0.15, -0.1) is 11.3 Å². The van der Waals surface area contributed by atoms with E-state index >= 15 is 0 Å². The van der Waals surface area contributed by atoms with Gasteiger partial charge in [-0.1, -0.05) is 36.4 Å². The van der Waals surface area contributed by atoms with Crippen molar-refractivity contribution in [1.82, 2.24) is 10.2 Å². The number of methoxy groups -OCH3 is 1. The molecule has 0 fully saturated rings. The molecule has 5 rings (SSSR count). The molecular formula is C26H29N3O3S. The van der Waals surface area contributed by atoms with E-state index in [0.717, 1.165) is 41.2 Å². The first-order chi connectivity index (χ1) is 16.0. The number of hydrogen-bond donors (Lipinski definition) is 2. The Balaban J connectivity index is 1.35. The Morgan fingerprint density at radius 3 is 2.70 bits per heavy atom. The molecule has 172 valence electrons. The van der Waals surface area contributed by atoms with E-state index in [0.29, 0.717) is 24.1 Å². The van der Waals surface area contributed by atoms with Gasteiger partial charge in [0.15, 0.2) is 11.5 Å². The van der Waals surface area contributed by atoms with Crippen LogP contribution in [0.2, 0.25) is 0 Å². The standard InChI is InChI=1S/C26H29N3O3S/c1-16(2)29-12-11-19-22(14-29)33-26-23(19)25(30)27-24(28-26)18-9-10-20(21(13-18)31-3)32-15-17-7-5-4-6-8-17/h4-10,13,16,24,28H,11-12,14-15H2,1-3H3,(H,27,30)/t24-/m0/s1. The Hall–Kier alpha value is -3.03. The van der Waals surface area contributed by atoms with Gasteiger partial charge in [0.2, 0.25) is 0 Å². The van der Waals surface area contributed by atoms with Crippen LogP contribution in [-0.2, 0) is 19.6 Å². The molecule has 2 aliphatic heterocycles. The van der Waals surface area contributed by atoms with Gasteiger partial charge < -0.3 is 20.1 Å². The molecule has 6 nitrogen and oxygen atoms in total. The summed E-state index contributed by atoms with van der Waals surface area (Å²) in [7, 11) is 1.63. The summed E-state index contributed by atoms with van der Waals surface area (Å²) in [5.41, 5.74) is 4.05. The number of carbonyl (C=O) groups excluding carboxylic acids is 1. The number of ether oxygens (including phenoxy) is 2. The molecule has 33 heavy (non-hydrogen) atoms. The first-order valence-electron chi connectivity index (χ1n) is 11.3. The lowest BCUT2D eigenvalue weighted by molar-refractivity contribution is 0.0934. The minimum absolute atomic E-state index is 0.00684. The van der Waals surface area contributed by atoms with Crippen molar-refractivity contribution in [2.75, 3.05) is 19.0 Å². The predicted octanol–water partition coefficient (Wildman–Crippen LogP) is 4.96. The molecule has 0 aliphatic carbocycles. The van der Waals surface area contributed by atoms with Crippen LogP contribution >= 0.6 is 11.3 Å². The van der Waals surface area contributed by atoms with Gasteiger partial charge in [-0.25, -0.2) is 0 Å². The van der Waals surface area contributed by atoms with Crippen molar-refractivity contribution in [2.45, 2.75) is 45.6 Å². The van der Waals surface area contributed by atoms with Crippen molar-refractivity contribution in [1.29, 1.82) is 0 Å². The van der Waals surface area contributed by atoms with Crippen molar-refractivity contribution in [2.24, 2.45) is 0 Å². The van der Waals surface area contributed by atoms with Crippen LogP contribution < -0.4 is 20.1 Å². The zero-order valence-corrected chi connectivity index (χ0v) is 20.0. The molecule has 7 heteroatoms. The molecular weight excluding hydrogens is 434 g/mol. The summed E-state index contributed by atoms with van der Waals surface area (Å²) >= 11 is 1.71. The second-order valence-electron chi connectivity index (χ2n) is 8.76. The molecule has 1 aromatic heterocycles. The Morgan fingerprint density at radius 2 is 1.94 bits per heavy atom. The normalized spacial score (nSPS) is 17.7. The molecule has 0 spiro atoms. The van der Waals surface area contributed by atoms with Crippen LogP contribution in [0.5, 0.6) is 11.5 Å². The van der Waals surface area contributed by atoms with Crippen LogP contribution in [0.4, 0.5) is 5.00 Å². The first kappa shape index (κ1) is 21.8. The molecule has 0 saturated heterocycles. The van der Waals surface area contributed by atoms with E-state index in [4.69, 9.17) is 9.47 Å². The fourth-order valence-electron chi connectivity index (χ4n) is 4.46. The SMILES string of the molecule is COc1cc([C@H]2NC(=O)c3c(sc4c3CCN(C(C)C)C4)N2)ccc1OCc1ccccc1. The number of fused-ring (bicyclic) bond motifs is 3. The lowest BCUT2D eigenvalue weighted by Gasteiger charge is -2.31. The van der Waals surface area contributed by atoms with Gasteiger partial charge in [0.05, 0.1) is 12.7 Å². The van der Waals surface area contributed by atoms with Crippen molar-refractivity contribution in [3.8, 4) is 11.5 Å². The van der Waals surface area contributed by atoms with E-state index in [9.17, 15) is 4.79 Å². The highest BCUT2D eigenvalue weighted by molar-refractivity contribution is 7.16. The van der Waals surface area contributed by atoms with Gasteiger partial charge in [0.1, 0.15) is 17.8 Å². The van der Waals surface area contributed by atoms with Crippen LogP contribution in [0, 0.1) is 0 Å². The summed E-state index contributed by atoms with van der Waals surface area (Å²) in [6.07, 6.45) is 0.601. The number of nitrogens with one attached hydrogen (secondary N) is 2. The van der Waals surface area contributed by atoms with Crippen LogP contribution in [0.25, 0.3) is 0 Å². The zero-order chi connectivity index (χ0) is 22.9. The van der Waals surface area contributed by atoms with E-state index in [2.05, 4.69) is 29.4 Å². The summed E-state index contributed by atoms with van der Waals surface area (Å²) in [6, 6.07) is 16.3. The molecule has 2 aromatic carbocycles. The minimum atomic E-state index is -0.316. The highest BCUT2D eigenvalue weighted by Gasteiger charge is 2.34. The lowest BCUT2D eigenvalue weighted by atomic mass is 9.99. The molecule has 2 aliphatic rings. The van der Waals surface area contributed by atoms with Gasteiger partial charge in [-0.3, -0.25) is 9.69 Å². The quantitative estimate of drug-likeness (QED) is 0.541. The summed E-state index contributed by atoms with van der Waals surface area (Å²) < 4.78 is 11.6. The van der Waals surface area contributed by atoms with E-state index < -0.39 is 0 Å². The molecule has 0 radical (unpaired) electrons. The van der Waals surface area contributed by atoms with Crippen molar-refractivity contribution in [3.05, 3.63) is 75.7 Å². The molecule has 0 saturated carbocycles. The molecule has 3 heterocycles.